The third-order valence-electron chi connectivity index (χ3n) is 5.03. The van der Waals surface area contributed by atoms with Crippen LogP contribution in [0.5, 0.6) is 0 Å². The molecular weight excluding hydrogens is 425 g/mol. The van der Waals surface area contributed by atoms with Gasteiger partial charge in [-0.25, -0.2) is 9.97 Å². The van der Waals surface area contributed by atoms with E-state index >= 15 is 0 Å². The van der Waals surface area contributed by atoms with Crippen molar-refractivity contribution in [3.8, 4) is 0 Å². The lowest BCUT2D eigenvalue weighted by Crippen LogP contribution is -2.18. The van der Waals surface area contributed by atoms with Gasteiger partial charge in [-0.1, -0.05) is 0 Å². The fourth-order valence-corrected chi connectivity index (χ4v) is 3.10. The molecule has 1 fully saturated rings. The second-order valence-electron chi connectivity index (χ2n) is 7.48. The molecule has 4 rings (SSSR count). The molecule has 0 radical (unpaired) electrons. The quantitative estimate of drug-likeness (QED) is 0.510. The minimum Gasteiger partial charge on any atom is -0.392 e. The highest BCUT2D eigenvalue weighted by Gasteiger charge is 2.31. The van der Waals surface area contributed by atoms with Gasteiger partial charge in [0.1, 0.15) is 11.6 Å². The number of aliphatic hydroxyl groups is 1. The van der Waals surface area contributed by atoms with E-state index in [2.05, 4.69) is 30.8 Å². The van der Waals surface area contributed by atoms with Gasteiger partial charge in [0.15, 0.2) is 0 Å². The topological polar surface area (TPSA) is 113 Å². The van der Waals surface area contributed by atoms with Crippen molar-refractivity contribution in [1.29, 1.82) is 0 Å². The smallest absolute Gasteiger partial charge is 0.392 e. The molecule has 1 amide bonds. The number of rotatable bonds is 7. The maximum absolute atomic E-state index is 12.7. The summed E-state index contributed by atoms with van der Waals surface area (Å²) in [5, 5.41) is 23.4. The Hall–Kier alpha value is -3.60. The minimum absolute atomic E-state index is 0.151. The van der Waals surface area contributed by atoms with Crippen LogP contribution in [-0.2, 0) is 12.6 Å². The van der Waals surface area contributed by atoms with E-state index < -0.39 is 23.8 Å². The summed E-state index contributed by atoms with van der Waals surface area (Å²) in [6.45, 7) is 0. The molecule has 1 aliphatic rings. The van der Waals surface area contributed by atoms with Gasteiger partial charge in [0.2, 0.25) is 0 Å². The molecule has 1 unspecified atom stereocenters. The van der Waals surface area contributed by atoms with Gasteiger partial charge in [-0.15, -0.1) is 0 Å². The number of halogens is 3. The van der Waals surface area contributed by atoms with Crippen molar-refractivity contribution in [2.24, 2.45) is 5.92 Å². The number of carbonyl (C=O) groups excluding carboxylic acids is 1. The lowest BCUT2D eigenvalue weighted by molar-refractivity contribution is -0.137. The molecule has 11 heteroatoms. The predicted octanol–water partition coefficient (Wildman–Crippen LogP) is 3.59. The Morgan fingerprint density at radius 2 is 1.88 bits per heavy atom. The molecule has 3 heterocycles. The number of alkyl halides is 3. The number of aliphatic hydroxyl groups excluding tert-OH is 1. The maximum Gasteiger partial charge on any atom is 0.417 e. The van der Waals surface area contributed by atoms with Gasteiger partial charge >= 0.3 is 6.18 Å². The molecule has 1 atom stereocenters. The first-order chi connectivity index (χ1) is 15.3. The number of nitrogens with one attached hydrogen (secondary N) is 2. The molecule has 0 aromatic carbocycles. The summed E-state index contributed by atoms with van der Waals surface area (Å²) >= 11 is 0. The fourth-order valence-electron chi connectivity index (χ4n) is 3.10. The summed E-state index contributed by atoms with van der Waals surface area (Å²) in [6.07, 6.45) is 2.40. The minimum atomic E-state index is -4.48. The molecular formula is C21H19F3N6O2. The zero-order valence-corrected chi connectivity index (χ0v) is 16.7. The molecule has 0 spiro atoms. The van der Waals surface area contributed by atoms with Crippen molar-refractivity contribution in [2.75, 3.05) is 10.6 Å². The molecule has 0 saturated heterocycles. The summed E-state index contributed by atoms with van der Waals surface area (Å²) in [6, 6.07) is 5.02. The lowest BCUT2D eigenvalue weighted by Gasteiger charge is -2.13. The number of pyridine rings is 2. The number of amides is 1. The molecule has 0 aliphatic heterocycles. The zero-order valence-electron chi connectivity index (χ0n) is 16.7. The molecule has 166 valence electrons. The third-order valence-corrected chi connectivity index (χ3v) is 5.03. The Kier molecular flexibility index (Phi) is 5.99. The molecule has 1 aliphatic carbocycles. The molecule has 8 nitrogen and oxygen atoms in total. The first-order valence-electron chi connectivity index (χ1n) is 9.85. The van der Waals surface area contributed by atoms with Gasteiger partial charge in [0, 0.05) is 29.9 Å². The molecule has 3 aromatic rings. The summed E-state index contributed by atoms with van der Waals surface area (Å²) in [7, 11) is 0. The van der Waals surface area contributed by atoms with Gasteiger partial charge in [0.05, 0.1) is 29.7 Å². The van der Waals surface area contributed by atoms with Crippen molar-refractivity contribution < 1.29 is 23.1 Å². The maximum atomic E-state index is 12.7. The number of hydrogen-bond acceptors (Lipinski definition) is 7. The average Bonchev–Trinajstić information content (AvgIpc) is 3.61. The molecule has 1 saturated carbocycles. The van der Waals surface area contributed by atoms with Crippen molar-refractivity contribution in [1.82, 2.24) is 20.2 Å². The van der Waals surface area contributed by atoms with Crippen LogP contribution in [0.25, 0.3) is 0 Å². The lowest BCUT2D eigenvalue weighted by atomic mass is 10.1. The summed E-state index contributed by atoms with van der Waals surface area (Å²) in [5.74, 6) is 0.227. The highest BCUT2D eigenvalue weighted by atomic mass is 19.4. The van der Waals surface area contributed by atoms with Crippen LogP contribution < -0.4 is 10.6 Å². The number of aromatic nitrogens is 4. The van der Waals surface area contributed by atoms with Gasteiger partial charge in [0.25, 0.3) is 5.91 Å². The largest absolute Gasteiger partial charge is 0.417 e. The molecule has 3 N–H and O–H groups in total. The van der Waals surface area contributed by atoms with Crippen molar-refractivity contribution in [3.63, 3.8) is 0 Å². The normalized spacial score (nSPS) is 14.6. The average molecular weight is 444 g/mol. The van der Waals surface area contributed by atoms with E-state index in [0.29, 0.717) is 23.9 Å². The van der Waals surface area contributed by atoms with Gasteiger partial charge in [-0.3, -0.25) is 4.79 Å². The fraction of sp³-hybridized carbons (Fsp3) is 0.286. The number of hydrogen-bond donors (Lipinski definition) is 3. The number of carbonyl (C=O) groups is 1. The number of anilines is 3. The first kappa shape index (κ1) is 21.6. The van der Waals surface area contributed by atoms with Crippen LogP contribution in [0.2, 0.25) is 0 Å². The first-order valence-corrected chi connectivity index (χ1v) is 9.85. The Balaban J connectivity index is 1.45. The predicted molar refractivity (Wildman–Crippen MR) is 109 cm³/mol. The van der Waals surface area contributed by atoms with Crippen LogP contribution in [0, 0.1) is 5.92 Å². The van der Waals surface area contributed by atoms with E-state index in [0.717, 1.165) is 18.9 Å². The van der Waals surface area contributed by atoms with Gasteiger partial charge < -0.3 is 15.7 Å². The molecule has 32 heavy (non-hydrogen) atoms. The molecule has 0 bridgehead atoms. The number of nitrogens with zero attached hydrogens (tertiary/aromatic N) is 4. The van der Waals surface area contributed by atoms with E-state index in [9.17, 15) is 23.1 Å². The SMILES string of the molecule is O=C(Nc1cnncc1CC(O)C1CC1)c1ccnc(Nc2ccc(C(F)(F)F)cn2)c1. The van der Waals surface area contributed by atoms with Crippen molar-refractivity contribution in [2.45, 2.75) is 31.5 Å². The Bertz CT molecular complexity index is 1100. The van der Waals surface area contributed by atoms with E-state index in [1.807, 2.05) is 0 Å². The Labute approximate surface area is 180 Å². The standard InChI is InChI=1S/C21H19F3N6O2/c22-21(23,24)15-3-4-18(26-10-15)30-19-8-13(5-6-25-19)20(32)29-16-11-28-27-9-14(16)7-17(31)12-1-2-12/h3-6,8-12,17,31H,1-2,7H2,(H,25,26,30)(H,27,29,32). The van der Waals surface area contributed by atoms with E-state index in [-0.39, 0.29) is 23.1 Å². The Morgan fingerprint density at radius 1 is 1.09 bits per heavy atom. The van der Waals surface area contributed by atoms with Gasteiger partial charge in [-0.05, 0) is 43.0 Å². The zero-order chi connectivity index (χ0) is 22.7. The monoisotopic (exact) mass is 444 g/mol. The summed E-state index contributed by atoms with van der Waals surface area (Å²) in [5.41, 5.74) is 0.521. The summed E-state index contributed by atoms with van der Waals surface area (Å²) in [4.78, 5) is 20.5. The van der Waals surface area contributed by atoms with Crippen molar-refractivity contribution in [3.05, 3.63) is 65.7 Å². The van der Waals surface area contributed by atoms with Gasteiger partial charge in [-0.2, -0.15) is 23.4 Å². The second-order valence-corrected chi connectivity index (χ2v) is 7.48. The van der Waals surface area contributed by atoms with Crippen molar-refractivity contribution >= 4 is 23.2 Å². The second kappa shape index (κ2) is 8.87. The summed E-state index contributed by atoms with van der Waals surface area (Å²) < 4.78 is 38.0. The van der Waals surface area contributed by atoms with Crippen LogP contribution in [0.3, 0.4) is 0 Å². The van der Waals surface area contributed by atoms with E-state index in [4.69, 9.17) is 0 Å². The van der Waals surface area contributed by atoms with Crippen LogP contribution in [0.15, 0.2) is 49.1 Å². The Morgan fingerprint density at radius 3 is 2.56 bits per heavy atom. The van der Waals surface area contributed by atoms with E-state index in [1.54, 1.807) is 0 Å². The highest BCUT2D eigenvalue weighted by Crippen LogP contribution is 2.34. The highest BCUT2D eigenvalue weighted by molar-refractivity contribution is 6.05. The van der Waals surface area contributed by atoms with Crippen LogP contribution in [0.1, 0.15) is 34.3 Å². The molecule has 3 aromatic heterocycles. The van der Waals surface area contributed by atoms with Crippen LogP contribution in [-0.4, -0.2) is 37.3 Å². The van der Waals surface area contributed by atoms with Crippen LogP contribution in [0.4, 0.5) is 30.5 Å². The third kappa shape index (κ3) is 5.35. The van der Waals surface area contributed by atoms with E-state index in [1.165, 1.54) is 36.8 Å². The van der Waals surface area contributed by atoms with Crippen LogP contribution >= 0.6 is 0 Å².